The Morgan fingerprint density at radius 2 is 2.00 bits per heavy atom. The van der Waals surface area contributed by atoms with Crippen LogP contribution < -0.4 is 4.74 Å². The fourth-order valence-electron chi connectivity index (χ4n) is 1.57. The highest BCUT2D eigenvalue weighted by Gasteiger charge is 2.12. The molecule has 0 spiro atoms. The molecule has 1 N–H and O–H groups in total. The van der Waals surface area contributed by atoms with Crippen LogP contribution in [0.2, 0.25) is 10.0 Å². The molecule has 1 aromatic heterocycles. The summed E-state index contributed by atoms with van der Waals surface area (Å²) in [6.45, 7) is 0. The summed E-state index contributed by atoms with van der Waals surface area (Å²) in [5, 5.41) is 9.98. The molecule has 0 bridgehead atoms. The Hall–Kier alpha value is -1.78. The van der Waals surface area contributed by atoms with Crippen LogP contribution in [-0.2, 0) is 0 Å². The van der Waals surface area contributed by atoms with E-state index in [1.165, 1.54) is 19.2 Å². The van der Waals surface area contributed by atoms with Gasteiger partial charge in [-0.05, 0) is 24.3 Å². The first-order chi connectivity index (χ1) is 9.01. The fourth-order valence-corrected chi connectivity index (χ4v) is 1.95. The van der Waals surface area contributed by atoms with E-state index in [1.54, 1.807) is 18.2 Å². The van der Waals surface area contributed by atoms with Gasteiger partial charge in [-0.15, -0.1) is 0 Å². The standard InChI is InChI=1S/C13H9Cl2NO3/c1-19-12-5-7(13(17)18)4-11(16-12)9-6-8(14)2-3-10(9)15/h2-6H,1H3,(H,17,18). The Balaban J connectivity index is 2.64. The molecule has 1 aromatic carbocycles. The molecule has 0 aliphatic rings. The Morgan fingerprint density at radius 1 is 1.26 bits per heavy atom. The Morgan fingerprint density at radius 3 is 2.63 bits per heavy atom. The van der Waals surface area contributed by atoms with Crippen LogP contribution in [0.4, 0.5) is 0 Å². The lowest BCUT2D eigenvalue weighted by Crippen LogP contribution is -2.00. The zero-order valence-electron chi connectivity index (χ0n) is 9.85. The minimum Gasteiger partial charge on any atom is -0.481 e. The number of hydrogen-bond acceptors (Lipinski definition) is 3. The van der Waals surface area contributed by atoms with Crippen LogP contribution >= 0.6 is 23.2 Å². The monoisotopic (exact) mass is 297 g/mol. The Kier molecular flexibility index (Phi) is 3.93. The summed E-state index contributed by atoms with van der Waals surface area (Å²) in [6, 6.07) is 7.65. The summed E-state index contributed by atoms with van der Waals surface area (Å²) >= 11 is 12.0. The van der Waals surface area contributed by atoms with E-state index in [9.17, 15) is 4.79 Å². The molecule has 1 heterocycles. The zero-order valence-corrected chi connectivity index (χ0v) is 11.4. The van der Waals surface area contributed by atoms with Crippen LogP contribution in [-0.4, -0.2) is 23.2 Å². The number of methoxy groups -OCH3 is 1. The third-order valence-corrected chi connectivity index (χ3v) is 3.03. The number of aromatic carboxylic acids is 1. The number of carbonyl (C=O) groups is 1. The van der Waals surface area contributed by atoms with E-state index in [0.717, 1.165) is 0 Å². The molecule has 0 saturated heterocycles. The number of hydrogen-bond donors (Lipinski definition) is 1. The number of ether oxygens (including phenoxy) is 1. The van der Waals surface area contributed by atoms with Crippen molar-refractivity contribution >= 4 is 29.2 Å². The maximum absolute atomic E-state index is 11.1. The predicted octanol–water partition coefficient (Wildman–Crippen LogP) is 3.76. The summed E-state index contributed by atoms with van der Waals surface area (Å²) in [6.07, 6.45) is 0. The molecule has 98 valence electrons. The SMILES string of the molecule is COc1cc(C(=O)O)cc(-c2cc(Cl)ccc2Cl)n1. The van der Waals surface area contributed by atoms with Crippen molar-refractivity contribution in [2.24, 2.45) is 0 Å². The lowest BCUT2D eigenvalue weighted by Gasteiger charge is -2.08. The predicted molar refractivity (Wildman–Crippen MR) is 73.2 cm³/mol. The molecular weight excluding hydrogens is 289 g/mol. The van der Waals surface area contributed by atoms with E-state index in [-0.39, 0.29) is 11.4 Å². The van der Waals surface area contributed by atoms with Gasteiger partial charge in [-0.2, -0.15) is 0 Å². The molecule has 2 rings (SSSR count). The summed E-state index contributed by atoms with van der Waals surface area (Å²) in [5.74, 6) is -0.869. The maximum atomic E-state index is 11.1. The molecular formula is C13H9Cl2NO3. The van der Waals surface area contributed by atoms with Gasteiger partial charge in [0, 0.05) is 16.7 Å². The second kappa shape index (κ2) is 5.47. The topological polar surface area (TPSA) is 59.4 Å². The van der Waals surface area contributed by atoms with Gasteiger partial charge in [0.15, 0.2) is 0 Å². The molecule has 0 radical (unpaired) electrons. The van der Waals surface area contributed by atoms with Gasteiger partial charge in [0.2, 0.25) is 5.88 Å². The zero-order chi connectivity index (χ0) is 14.0. The molecule has 0 unspecified atom stereocenters. The molecule has 0 aliphatic carbocycles. The highest BCUT2D eigenvalue weighted by Crippen LogP contribution is 2.31. The van der Waals surface area contributed by atoms with Crippen molar-refractivity contribution in [3.8, 4) is 17.1 Å². The van der Waals surface area contributed by atoms with Crippen molar-refractivity contribution in [2.45, 2.75) is 0 Å². The number of pyridine rings is 1. The first-order valence-corrected chi connectivity index (χ1v) is 6.01. The summed E-state index contributed by atoms with van der Waals surface area (Å²) in [4.78, 5) is 15.2. The van der Waals surface area contributed by atoms with Gasteiger partial charge in [-0.1, -0.05) is 23.2 Å². The van der Waals surface area contributed by atoms with Crippen molar-refractivity contribution < 1.29 is 14.6 Å². The number of nitrogens with zero attached hydrogens (tertiary/aromatic N) is 1. The molecule has 0 amide bonds. The summed E-state index contributed by atoms with van der Waals surface area (Å²) < 4.78 is 4.99. The first-order valence-electron chi connectivity index (χ1n) is 5.26. The highest BCUT2D eigenvalue weighted by atomic mass is 35.5. The lowest BCUT2D eigenvalue weighted by atomic mass is 10.1. The lowest BCUT2D eigenvalue weighted by molar-refractivity contribution is 0.0696. The van der Waals surface area contributed by atoms with E-state index < -0.39 is 5.97 Å². The Bertz CT molecular complexity index is 644. The van der Waals surface area contributed by atoms with E-state index >= 15 is 0 Å². The van der Waals surface area contributed by atoms with Gasteiger partial charge in [-0.25, -0.2) is 9.78 Å². The van der Waals surface area contributed by atoms with Crippen molar-refractivity contribution in [3.63, 3.8) is 0 Å². The summed E-state index contributed by atoms with van der Waals surface area (Å²) in [7, 11) is 1.41. The average molecular weight is 298 g/mol. The third kappa shape index (κ3) is 2.97. The quantitative estimate of drug-likeness (QED) is 0.937. The van der Waals surface area contributed by atoms with Crippen LogP contribution in [0.1, 0.15) is 10.4 Å². The number of aromatic nitrogens is 1. The van der Waals surface area contributed by atoms with E-state index in [1.807, 2.05) is 0 Å². The van der Waals surface area contributed by atoms with Gasteiger partial charge in [0.25, 0.3) is 0 Å². The molecule has 4 nitrogen and oxygen atoms in total. The average Bonchev–Trinajstić information content (AvgIpc) is 2.40. The fraction of sp³-hybridized carbons (Fsp3) is 0.0769. The number of halogens is 2. The molecule has 0 atom stereocenters. The number of benzene rings is 1. The van der Waals surface area contributed by atoms with Crippen molar-refractivity contribution in [3.05, 3.63) is 45.9 Å². The number of carboxylic acids is 1. The number of carboxylic acid groups (broad SMARTS) is 1. The maximum Gasteiger partial charge on any atom is 0.335 e. The molecule has 0 aliphatic heterocycles. The minimum absolute atomic E-state index is 0.0675. The van der Waals surface area contributed by atoms with Crippen LogP contribution in [0, 0.1) is 0 Å². The van der Waals surface area contributed by atoms with E-state index in [4.69, 9.17) is 33.0 Å². The van der Waals surface area contributed by atoms with Crippen molar-refractivity contribution in [1.29, 1.82) is 0 Å². The molecule has 19 heavy (non-hydrogen) atoms. The molecule has 6 heteroatoms. The summed E-state index contributed by atoms with van der Waals surface area (Å²) in [5.41, 5.74) is 1.01. The Labute approximate surface area is 119 Å². The largest absolute Gasteiger partial charge is 0.481 e. The van der Waals surface area contributed by atoms with Crippen LogP contribution in [0.25, 0.3) is 11.3 Å². The van der Waals surface area contributed by atoms with Crippen LogP contribution in [0.5, 0.6) is 5.88 Å². The highest BCUT2D eigenvalue weighted by molar-refractivity contribution is 6.35. The normalized spacial score (nSPS) is 10.3. The van der Waals surface area contributed by atoms with Gasteiger partial charge in [-0.3, -0.25) is 0 Å². The van der Waals surface area contributed by atoms with Crippen molar-refractivity contribution in [2.75, 3.05) is 7.11 Å². The molecule has 0 fully saturated rings. The van der Waals surface area contributed by atoms with E-state index in [2.05, 4.69) is 4.98 Å². The van der Waals surface area contributed by atoms with Gasteiger partial charge in [0.1, 0.15) is 0 Å². The van der Waals surface area contributed by atoms with Gasteiger partial charge in [0.05, 0.1) is 23.4 Å². The number of rotatable bonds is 3. The van der Waals surface area contributed by atoms with Gasteiger partial charge >= 0.3 is 5.97 Å². The molecule has 2 aromatic rings. The minimum atomic E-state index is -1.07. The van der Waals surface area contributed by atoms with Crippen LogP contribution in [0.15, 0.2) is 30.3 Å². The second-order valence-corrected chi connectivity index (χ2v) is 4.56. The molecule has 0 saturated carbocycles. The van der Waals surface area contributed by atoms with Crippen molar-refractivity contribution in [1.82, 2.24) is 4.98 Å². The second-order valence-electron chi connectivity index (χ2n) is 3.71. The third-order valence-electron chi connectivity index (χ3n) is 2.46. The van der Waals surface area contributed by atoms with Crippen LogP contribution in [0.3, 0.4) is 0 Å². The van der Waals surface area contributed by atoms with E-state index in [0.29, 0.717) is 21.3 Å². The first kappa shape index (κ1) is 13.6. The van der Waals surface area contributed by atoms with Gasteiger partial charge < -0.3 is 9.84 Å². The smallest absolute Gasteiger partial charge is 0.335 e.